The Bertz CT molecular complexity index is 626. The van der Waals surface area contributed by atoms with Gasteiger partial charge >= 0.3 is 0 Å². The lowest BCUT2D eigenvalue weighted by Gasteiger charge is -2.39. The predicted molar refractivity (Wildman–Crippen MR) is 89.8 cm³/mol. The molecule has 1 aliphatic rings. The zero-order valence-corrected chi connectivity index (χ0v) is 13.7. The Morgan fingerprint density at radius 2 is 1.91 bits per heavy atom. The molecule has 1 aliphatic heterocycles. The largest absolute Gasteiger partial charge is 0.355 e. The minimum Gasteiger partial charge on any atom is -0.355 e. The van der Waals surface area contributed by atoms with E-state index in [4.69, 9.17) is 0 Å². The molecule has 1 unspecified atom stereocenters. The smallest absolute Gasteiger partial charge is 0.151 e. The number of rotatable bonds is 4. The van der Waals surface area contributed by atoms with Crippen molar-refractivity contribution >= 4 is 5.82 Å². The molecule has 1 atom stereocenters. The first-order valence-corrected chi connectivity index (χ1v) is 8.16. The number of benzene rings is 1. The maximum Gasteiger partial charge on any atom is 0.151 e. The average molecular weight is 314 g/mol. The molecule has 0 spiro atoms. The summed E-state index contributed by atoms with van der Waals surface area (Å²) in [5, 5.41) is 8.13. The van der Waals surface area contributed by atoms with E-state index in [-0.39, 0.29) is 11.9 Å². The summed E-state index contributed by atoms with van der Waals surface area (Å²) in [4.78, 5) is 4.57. The number of hydrogen-bond donors (Lipinski definition) is 0. The molecule has 0 bridgehead atoms. The van der Waals surface area contributed by atoms with Crippen LogP contribution in [0, 0.1) is 5.82 Å². The third-order valence-electron chi connectivity index (χ3n) is 4.87. The molecule has 0 amide bonds. The highest BCUT2D eigenvalue weighted by Gasteiger charge is 2.27. The monoisotopic (exact) mass is 314 g/mol. The van der Waals surface area contributed by atoms with Gasteiger partial charge in [-0.3, -0.25) is 4.90 Å². The van der Waals surface area contributed by atoms with Crippen LogP contribution in [0.25, 0.3) is 0 Å². The van der Waals surface area contributed by atoms with Crippen molar-refractivity contribution in [3.05, 3.63) is 54.0 Å². The fourth-order valence-electron chi connectivity index (χ4n) is 3.34. The van der Waals surface area contributed by atoms with Crippen molar-refractivity contribution in [2.45, 2.75) is 31.8 Å². The van der Waals surface area contributed by atoms with Gasteiger partial charge in [0.05, 0.1) is 0 Å². The third kappa shape index (κ3) is 3.50. The molecule has 23 heavy (non-hydrogen) atoms. The van der Waals surface area contributed by atoms with E-state index in [2.05, 4.69) is 34.0 Å². The molecule has 0 saturated carbocycles. The van der Waals surface area contributed by atoms with Crippen molar-refractivity contribution in [3.63, 3.8) is 0 Å². The van der Waals surface area contributed by atoms with Crippen molar-refractivity contribution < 1.29 is 4.39 Å². The first-order valence-electron chi connectivity index (χ1n) is 8.16. The molecule has 0 aliphatic carbocycles. The third-order valence-corrected chi connectivity index (χ3v) is 4.87. The molecule has 1 aromatic heterocycles. The van der Waals surface area contributed by atoms with Gasteiger partial charge in [0.2, 0.25) is 0 Å². The summed E-state index contributed by atoms with van der Waals surface area (Å²) in [5.41, 5.74) is 0.785. The maximum absolute atomic E-state index is 14.0. The number of halogens is 1. The van der Waals surface area contributed by atoms with Crippen molar-refractivity contribution in [1.82, 2.24) is 15.1 Å². The van der Waals surface area contributed by atoms with E-state index < -0.39 is 0 Å². The number of hydrogen-bond acceptors (Lipinski definition) is 4. The molecule has 0 radical (unpaired) electrons. The molecule has 1 aromatic carbocycles. The highest BCUT2D eigenvalue weighted by molar-refractivity contribution is 5.36. The summed E-state index contributed by atoms with van der Waals surface area (Å²) in [5.74, 6) is 0.798. The lowest BCUT2D eigenvalue weighted by molar-refractivity contribution is 0.159. The molecular weight excluding hydrogens is 291 g/mol. The van der Waals surface area contributed by atoms with E-state index in [9.17, 15) is 4.39 Å². The molecule has 4 nitrogen and oxygen atoms in total. The van der Waals surface area contributed by atoms with Gasteiger partial charge in [0.25, 0.3) is 0 Å². The number of likely N-dealkylation sites (tertiary alicyclic amines) is 1. The van der Waals surface area contributed by atoms with Gasteiger partial charge in [-0.25, -0.2) is 4.39 Å². The summed E-state index contributed by atoms with van der Waals surface area (Å²) >= 11 is 0. The molecule has 5 heteroatoms. The highest BCUT2D eigenvalue weighted by Crippen LogP contribution is 2.28. The normalized spacial score (nSPS) is 17.9. The van der Waals surface area contributed by atoms with E-state index in [1.165, 1.54) is 0 Å². The SMILES string of the molecule is CC(c1ccccc1F)N1CCC(N(C)c2cccnn2)CC1. The molecule has 2 aromatic rings. The van der Waals surface area contributed by atoms with Gasteiger partial charge in [0.15, 0.2) is 5.82 Å². The Hall–Kier alpha value is -2.01. The summed E-state index contributed by atoms with van der Waals surface area (Å²) in [6, 6.07) is 11.5. The summed E-state index contributed by atoms with van der Waals surface area (Å²) < 4.78 is 14.0. The van der Waals surface area contributed by atoms with Gasteiger partial charge in [0, 0.05) is 44.0 Å². The van der Waals surface area contributed by atoms with E-state index in [1.807, 2.05) is 24.3 Å². The van der Waals surface area contributed by atoms with E-state index >= 15 is 0 Å². The Balaban J connectivity index is 1.61. The van der Waals surface area contributed by atoms with Gasteiger partial charge in [-0.1, -0.05) is 18.2 Å². The van der Waals surface area contributed by atoms with Gasteiger partial charge in [-0.05, 0) is 38.0 Å². The van der Waals surface area contributed by atoms with E-state index in [0.29, 0.717) is 6.04 Å². The minimum atomic E-state index is -0.112. The number of nitrogens with zero attached hydrogens (tertiary/aromatic N) is 4. The number of aromatic nitrogens is 2. The Morgan fingerprint density at radius 1 is 1.17 bits per heavy atom. The van der Waals surface area contributed by atoms with Gasteiger partial charge in [0.1, 0.15) is 5.82 Å². The highest BCUT2D eigenvalue weighted by atomic mass is 19.1. The van der Waals surface area contributed by atoms with Crippen LogP contribution in [0.3, 0.4) is 0 Å². The average Bonchev–Trinajstić information content (AvgIpc) is 2.62. The fraction of sp³-hybridized carbons (Fsp3) is 0.444. The fourth-order valence-corrected chi connectivity index (χ4v) is 3.34. The Labute approximate surface area is 136 Å². The maximum atomic E-state index is 14.0. The molecule has 1 fully saturated rings. The van der Waals surface area contributed by atoms with Crippen LogP contribution in [-0.4, -0.2) is 41.3 Å². The van der Waals surface area contributed by atoms with Crippen molar-refractivity contribution in [2.24, 2.45) is 0 Å². The van der Waals surface area contributed by atoms with Crippen LogP contribution in [0.15, 0.2) is 42.6 Å². The molecular formula is C18H23FN4. The number of anilines is 1. The van der Waals surface area contributed by atoms with Gasteiger partial charge < -0.3 is 4.90 Å². The topological polar surface area (TPSA) is 32.3 Å². The summed E-state index contributed by atoms with van der Waals surface area (Å²) in [6.45, 7) is 4.01. The first-order chi connectivity index (χ1) is 11.2. The second-order valence-electron chi connectivity index (χ2n) is 6.16. The quantitative estimate of drug-likeness (QED) is 0.867. The zero-order valence-electron chi connectivity index (χ0n) is 13.7. The van der Waals surface area contributed by atoms with Gasteiger partial charge in [-0.2, -0.15) is 5.10 Å². The minimum absolute atomic E-state index is 0.110. The second-order valence-corrected chi connectivity index (χ2v) is 6.16. The van der Waals surface area contributed by atoms with Gasteiger partial charge in [-0.15, -0.1) is 5.10 Å². The van der Waals surface area contributed by atoms with Crippen LogP contribution >= 0.6 is 0 Å². The molecule has 122 valence electrons. The number of piperidine rings is 1. The summed E-state index contributed by atoms with van der Waals surface area (Å²) in [6.07, 6.45) is 3.79. The molecule has 1 saturated heterocycles. The van der Waals surface area contributed by atoms with Crippen LogP contribution in [0.2, 0.25) is 0 Å². The Morgan fingerprint density at radius 3 is 2.57 bits per heavy atom. The van der Waals surface area contributed by atoms with Crippen LogP contribution in [0.4, 0.5) is 10.2 Å². The lowest BCUT2D eigenvalue weighted by Crippen LogP contribution is -2.44. The lowest BCUT2D eigenvalue weighted by atomic mass is 9.99. The van der Waals surface area contributed by atoms with Crippen LogP contribution < -0.4 is 4.90 Å². The molecule has 3 rings (SSSR count). The standard InChI is InChI=1S/C18H23FN4/c1-14(16-6-3-4-7-17(16)19)23-12-9-15(10-13-23)22(2)18-8-5-11-20-21-18/h3-8,11,14-15H,9-10,12-13H2,1-2H3. The van der Waals surface area contributed by atoms with Crippen LogP contribution in [0.5, 0.6) is 0 Å². The van der Waals surface area contributed by atoms with Crippen molar-refractivity contribution in [2.75, 3.05) is 25.0 Å². The molecule has 2 heterocycles. The van der Waals surface area contributed by atoms with E-state index in [1.54, 1.807) is 18.3 Å². The first kappa shape index (κ1) is 15.9. The Kier molecular flexibility index (Phi) is 4.86. The summed E-state index contributed by atoms with van der Waals surface area (Å²) in [7, 11) is 2.07. The molecule has 0 N–H and O–H groups in total. The second kappa shape index (κ2) is 7.04. The van der Waals surface area contributed by atoms with Crippen LogP contribution in [0.1, 0.15) is 31.4 Å². The van der Waals surface area contributed by atoms with Crippen LogP contribution in [-0.2, 0) is 0 Å². The predicted octanol–water partition coefficient (Wildman–Crippen LogP) is 3.28. The van der Waals surface area contributed by atoms with Crippen molar-refractivity contribution in [1.29, 1.82) is 0 Å². The van der Waals surface area contributed by atoms with E-state index in [0.717, 1.165) is 37.3 Å². The van der Waals surface area contributed by atoms with Crippen molar-refractivity contribution in [3.8, 4) is 0 Å². The zero-order chi connectivity index (χ0) is 16.2.